The minimum atomic E-state index is -0.0301. The van der Waals surface area contributed by atoms with Crippen LogP contribution in [0.25, 0.3) is 0 Å². The fraction of sp³-hybridized carbons (Fsp3) is 0.308. The Morgan fingerprint density at radius 3 is 3.06 bits per heavy atom. The highest BCUT2D eigenvalue weighted by molar-refractivity contribution is 7.07. The number of pyridine rings is 1. The molecule has 0 aliphatic carbocycles. The van der Waals surface area contributed by atoms with Gasteiger partial charge in [-0.15, -0.1) is 0 Å². The summed E-state index contributed by atoms with van der Waals surface area (Å²) in [6.07, 6.45) is 4.35. The smallest absolute Gasteiger partial charge is 0.137 e. The van der Waals surface area contributed by atoms with Crippen LogP contribution in [-0.2, 0) is 6.42 Å². The Morgan fingerprint density at radius 2 is 2.35 bits per heavy atom. The van der Waals surface area contributed by atoms with Crippen LogP contribution >= 0.6 is 11.3 Å². The van der Waals surface area contributed by atoms with Gasteiger partial charge in [0.2, 0.25) is 0 Å². The number of ether oxygens (including phenoxy) is 1. The lowest BCUT2D eigenvalue weighted by Gasteiger charge is -2.12. The van der Waals surface area contributed by atoms with Gasteiger partial charge in [-0.1, -0.05) is 0 Å². The van der Waals surface area contributed by atoms with Gasteiger partial charge in [-0.2, -0.15) is 11.3 Å². The highest BCUT2D eigenvalue weighted by atomic mass is 32.1. The lowest BCUT2D eigenvalue weighted by Crippen LogP contribution is -2.13. The quantitative estimate of drug-likeness (QED) is 0.885. The minimum Gasteiger partial charge on any atom is -0.492 e. The van der Waals surface area contributed by atoms with Gasteiger partial charge in [-0.25, -0.2) is 0 Å². The van der Waals surface area contributed by atoms with Crippen molar-refractivity contribution in [3.63, 3.8) is 0 Å². The zero-order valence-corrected chi connectivity index (χ0v) is 10.6. The summed E-state index contributed by atoms with van der Waals surface area (Å²) in [5, 5.41) is 4.19. The van der Waals surface area contributed by atoms with Crippen LogP contribution in [0.3, 0.4) is 0 Å². The average Bonchev–Trinajstić information content (AvgIpc) is 2.83. The molecule has 0 bridgehead atoms. The maximum Gasteiger partial charge on any atom is 0.137 e. The lowest BCUT2D eigenvalue weighted by molar-refractivity contribution is 0.338. The zero-order valence-electron chi connectivity index (χ0n) is 9.80. The molecule has 0 amide bonds. The van der Waals surface area contributed by atoms with Crippen molar-refractivity contribution in [3.05, 3.63) is 46.4 Å². The van der Waals surface area contributed by atoms with Gasteiger partial charge in [0.05, 0.1) is 12.8 Å². The molecule has 2 aromatic heterocycles. The second-order valence-electron chi connectivity index (χ2n) is 3.83. The topological polar surface area (TPSA) is 48.1 Å². The summed E-state index contributed by atoms with van der Waals surface area (Å²) in [4.78, 5) is 4.15. The van der Waals surface area contributed by atoms with E-state index in [4.69, 9.17) is 10.5 Å². The maximum atomic E-state index is 6.16. The van der Waals surface area contributed by atoms with Crippen LogP contribution in [0.1, 0.15) is 24.1 Å². The van der Waals surface area contributed by atoms with Gasteiger partial charge in [-0.05, 0) is 47.4 Å². The van der Waals surface area contributed by atoms with Crippen LogP contribution in [-0.4, -0.2) is 11.6 Å². The monoisotopic (exact) mass is 248 g/mol. The average molecular weight is 248 g/mol. The molecule has 0 aliphatic heterocycles. The number of nitrogens with two attached hydrogens (primary N) is 1. The van der Waals surface area contributed by atoms with Crippen molar-refractivity contribution in [2.24, 2.45) is 5.73 Å². The second-order valence-corrected chi connectivity index (χ2v) is 4.61. The highest BCUT2D eigenvalue weighted by Crippen LogP contribution is 2.20. The Labute approximate surface area is 105 Å². The zero-order chi connectivity index (χ0) is 12.1. The third-order valence-electron chi connectivity index (χ3n) is 2.51. The van der Waals surface area contributed by atoms with Gasteiger partial charge in [0.25, 0.3) is 0 Å². The molecule has 0 saturated carbocycles. The van der Waals surface area contributed by atoms with E-state index in [2.05, 4.69) is 21.8 Å². The Kier molecular flexibility index (Phi) is 4.12. The van der Waals surface area contributed by atoms with Gasteiger partial charge in [-0.3, -0.25) is 4.98 Å². The molecule has 0 aromatic carbocycles. The van der Waals surface area contributed by atoms with E-state index in [1.54, 1.807) is 23.7 Å². The van der Waals surface area contributed by atoms with Crippen molar-refractivity contribution in [2.45, 2.75) is 19.4 Å². The van der Waals surface area contributed by atoms with E-state index in [0.29, 0.717) is 6.61 Å². The fourth-order valence-corrected chi connectivity index (χ4v) is 2.35. The first kappa shape index (κ1) is 12.1. The molecule has 2 N–H and O–H groups in total. The number of hydrogen-bond acceptors (Lipinski definition) is 4. The fourth-order valence-electron chi connectivity index (χ4n) is 1.66. The summed E-state index contributed by atoms with van der Waals surface area (Å²) < 4.78 is 5.42. The third kappa shape index (κ3) is 3.28. The maximum absolute atomic E-state index is 6.16. The predicted molar refractivity (Wildman–Crippen MR) is 70.4 cm³/mol. The van der Waals surface area contributed by atoms with Crippen LogP contribution in [0, 0.1) is 0 Å². The molecule has 2 heterocycles. The van der Waals surface area contributed by atoms with Crippen molar-refractivity contribution in [1.29, 1.82) is 0 Å². The Bertz CT molecular complexity index is 456. The van der Waals surface area contributed by atoms with Gasteiger partial charge in [0.15, 0.2) is 0 Å². The molecule has 90 valence electrons. The molecule has 0 fully saturated rings. The Balaban J connectivity index is 2.07. The largest absolute Gasteiger partial charge is 0.492 e. The Hall–Kier alpha value is -1.39. The minimum absolute atomic E-state index is 0.0301. The normalized spacial score (nSPS) is 12.4. The van der Waals surface area contributed by atoms with Gasteiger partial charge in [0.1, 0.15) is 5.75 Å². The van der Waals surface area contributed by atoms with Crippen LogP contribution in [0.4, 0.5) is 0 Å². The number of hydrogen-bond donors (Lipinski definition) is 1. The predicted octanol–water partition coefficient (Wildman–Crippen LogP) is 2.78. The van der Waals surface area contributed by atoms with Crippen LogP contribution in [0.5, 0.6) is 5.75 Å². The van der Waals surface area contributed by atoms with E-state index in [1.165, 1.54) is 5.56 Å². The summed E-state index contributed by atoms with van der Waals surface area (Å²) >= 11 is 1.69. The molecule has 1 unspecified atom stereocenters. The van der Waals surface area contributed by atoms with E-state index in [0.717, 1.165) is 17.7 Å². The highest BCUT2D eigenvalue weighted by Gasteiger charge is 2.09. The lowest BCUT2D eigenvalue weighted by atomic mass is 10.0. The molecule has 0 spiro atoms. The first-order valence-electron chi connectivity index (χ1n) is 5.64. The third-order valence-corrected chi connectivity index (χ3v) is 3.24. The van der Waals surface area contributed by atoms with Crippen LogP contribution in [0.2, 0.25) is 0 Å². The summed E-state index contributed by atoms with van der Waals surface area (Å²) in [5.74, 6) is 0.783. The van der Waals surface area contributed by atoms with E-state index in [9.17, 15) is 0 Å². The molecule has 0 saturated heterocycles. The Morgan fingerprint density at radius 1 is 1.47 bits per heavy atom. The molecular weight excluding hydrogens is 232 g/mol. The molecular formula is C13H16N2OS. The summed E-state index contributed by atoms with van der Waals surface area (Å²) in [5.41, 5.74) is 8.44. The van der Waals surface area contributed by atoms with Crippen LogP contribution < -0.4 is 10.5 Å². The van der Waals surface area contributed by atoms with Crippen LogP contribution in [0.15, 0.2) is 35.3 Å². The molecule has 3 nitrogen and oxygen atoms in total. The first-order valence-corrected chi connectivity index (χ1v) is 6.58. The first-order chi connectivity index (χ1) is 8.29. The SMILES string of the molecule is CCOc1cncc(C(N)Cc2ccsc2)c1. The second kappa shape index (κ2) is 5.80. The number of nitrogens with zero attached hydrogens (tertiary/aromatic N) is 1. The summed E-state index contributed by atoms with van der Waals surface area (Å²) in [7, 11) is 0. The molecule has 2 rings (SSSR count). The van der Waals surface area contributed by atoms with Gasteiger partial charge >= 0.3 is 0 Å². The number of aromatic nitrogens is 1. The summed E-state index contributed by atoms with van der Waals surface area (Å²) in [6, 6.07) is 4.04. The van der Waals surface area contributed by atoms with E-state index in [1.807, 2.05) is 13.0 Å². The van der Waals surface area contributed by atoms with Crippen molar-refractivity contribution in [1.82, 2.24) is 4.98 Å². The van der Waals surface area contributed by atoms with E-state index < -0.39 is 0 Å². The number of rotatable bonds is 5. The summed E-state index contributed by atoms with van der Waals surface area (Å²) in [6.45, 7) is 2.60. The van der Waals surface area contributed by atoms with Crippen molar-refractivity contribution in [3.8, 4) is 5.75 Å². The molecule has 2 aromatic rings. The van der Waals surface area contributed by atoms with Gasteiger partial charge < -0.3 is 10.5 Å². The van der Waals surface area contributed by atoms with Crippen molar-refractivity contribution in [2.75, 3.05) is 6.61 Å². The van der Waals surface area contributed by atoms with E-state index >= 15 is 0 Å². The van der Waals surface area contributed by atoms with Gasteiger partial charge in [0, 0.05) is 12.2 Å². The molecule has 17 heavy (non-hydrogen) atoms. The van der Waals surface area contributed by atoms with Crippen molar-refractivity contribution < 1.29 is 4.74 Å². The molecule has 4 heteroatoms. The standard InChI is InChI=1S/C13H16N2OS/c1-2-16-12-6-11(7-15-8-12)13(14)5-10-3-4-17-9-10/h3-4,6-9,13H,2,5,14H2,1H3. The van der Waals surface area contributed by atoms with Crippen molar-refractivity contribution >= 4 is 11.3 Å². The molecule has 0 aliphatic rings. The molecule has 0 radical (unpaired) electrons. The number of thiophene rings is 1. The molecule has 1 atom stereocenters. The van der Waals surface area contributed by atoms with E-state index in [-0.39, 0.29) is 6.04 Å².